The average Bonchev–Trinajstić information content (AvgIpc) is 2.42. The fraction of sp³-hybridized carbons (Fsp3) is 0.500. The molecule has 0 saturated carbocycles. The predicted octanol–water partition coefficient (Wildman–Crippen LogP) is 1.24. The molecule has 1 aliphatic rings. The van der Waals surface area contributed by atoms with Gasteiger partial charge >= 0.3 is 0 Å². The van der Waals surface area contributed by atoms with Crippen molar-refractivity contribution in [2.45, 2.75) is 12.5 Å². The molecule has 19 heavy (non-hydrogen) atoms. The van der Waals surface area contributed by atoms with Gasteiger partial charge in [-0.15, -0.1) is 0 Å². The highest BCUT2D eigenvalue weighted by Gasteiger charge is 2.27. The molecule has 5 heteroatoms. The van der Waals surface area contributed by atoms with Crippen molar-refractivity contribution in [2.75, 3.05) is 33.5 Å². The molecular weight excluding hydrogens is 249 g/mol. The number of carbonyl (C=O) groups is 1. The number of methoxy groups -OCH3 is 1. The predicted molar refractivity (Wildman–Crippen MR) is 68.3 cm³/mol. The van der Waals surface area contributed by atoms with Gasteiger partial charge in [-0.05, 0) is 17.7 Å². The molecule has 0 N–H and O–H groups in total. The number of rotatable bonds is 4. The maximum atomic E-state index is 12.8. The molecule has 0 aromatic heterocycles. The first-order valence-corrected chi connectivity index (χ1v) is 6.31. The summed E-state index contributed by atoms with van der Waals surface area (Å²) in [7, 11) is 1.61. The summed E-state index contributed by atoms with van der Waals surface area (Å²) in [6, 6.07) is 5.98. The second-order valence-corrected chi connectivity index (χ2v) is 4.57. The van der Waals surface area contributed by atoms with Gasteiger partial charge in [-0.3, -0.25) is 4.79 Å². The van der Waals surface area contributed by atoms with Crippen molar-refractivity contribution in [2.24, 2.45) is 0 Å². The zero-order chi connectivity index (χ0) is 13.7. The van der Waals surface area contributed by atoms with E-state index in [2.05, 4.69) is 0 Å². The number of carbonyl (C=O) groups excluding carboxylic acids is 1. The van der Waals surface area contributed by atoms with Crippen LogP contribution in [0.4, 0.5) is 4.39 Å². The fourth-order valence-corrected chi connectivity index (χ4v) is 2.19. The quantitative estimate of drug-likeness (QED) is 0.824. The summed E-state index contributed by atoms with van der Waals surface area (Å²) in [4.78, 5) is 14.0. The Kier molecular flexibility index (Phi) is 4.87. The molecule has 1 fully saturated rings. The minimum absolute atomic E-state index is 0.0250. The Balaban J connectivity index is 1.99. The topological polar surface area (TPSA) is 38.8 Å². The van der Waals surface area contributed by atoms with Crippen LogP contribution < -0.4 is 0 Å². The van der Waals surface area contributed by atoms with E-state index < -0.39 is 0 Å². The minimum atomic E-state index is -0.292. The number of morpholine rings is 1. The Hall–Kier alpha value is -1.46. The summed E-state index contributed by atoms with van der Waals surface area (Å²) in [5.41, 5.74) is 0.814. The Labute approximate surface area is 112 Å². The van der Waals surface area contributed by atoms with Crippen LogP contribution in [0.5, 0.6) is 0 Å². The third-order valence-electron chi connectivity index (χ3n) is 3.18. The maximum absolute atomic E-state index is 12.8. The fourth-order valence-electron chi connectivity index (χ4n) is 2.19. The molecule has 1 amide bonds. The number of hydrogen-bond acceptors (Lipinski definition) is 3. The highest BCUT2D eigenvalue weighted by Crippen LogP contribution is 2.11. The maximum Gasteiger partial charge on any atom is 0.227 e. The first-order chi connectivity index (χ1) is 9.20. The zero-order valence-corrected chi connectivity index (χ0v) is 11.0. The third-order valence-corrected chi connectivity index (χ3v) is 3.18. The number of amides is 1. The normalized spacial score (nSPS) is 19.5. The summed E-state index contributed by atoms with van der Waals surface area (Å²) in [5.74, 6) is -0.267. The van der Waals surface area contributed by atoms with Crippen LogP contribution >= 0.6 is 0 Å². The van der Waals surface area contributed by atoms with Crippen molar-refractivity contribution in [3.8, 4) is 0 Å². The molecule has 1 atom stereocenters. The summed E-state index contributed by atoms with van der Waals surface area (Å²) >= 11 is 0. The zero-order valence-electron chi connectivity index (χ0n) is 11.0. The molecule has 0 radical (unpaired) electrons. The number of nitrogens with zero attached hydrogens (tertiary/aromatic N) is 1. The smallest absolute Gasteiger partial charge is 0.227 e. The van der Waals surface area contributed by atoms with Gasteiger partial charge in [0.15, 0.2) is 0 Å². The van der Waals surface area contributed by atoms with Crippen LogP contribution in [0.3, 0.4) is 0 Å². The highest BCUT2D eigenvalue weighted by atomic mass is 19.1. The lowest BCUT2D eigenvalue weighted by Crippen LogP contribution is -2.51. The number of ether oxygens (including phenoxy) is 2. The molecule has 1 aromatic carbocycles. The molecule has 4 nitrogen and oxygen atoms in total. The van der Waals surface area contributed by atoms with Gasteiger partial charge in [0.05, 0.1) is 32.3 Å². The van der Waals surface area contributed by atoms with Crippen LogP contribution in [0.1, 0.15) is 5.56 Å². The standard InChI is InChI=1S/C14H18FNO3/c1-18-9-13-10-19-7-6-16(13)14(17)8-11-2-4-12(15)5-3-11/h2-5,13H,6-10H2,1H3. The van der Waals surface area contributed by atoms with Crippen LogP contribution in [0.15, 0.2) is 24.3 Å². The first-order valence-electron chi connectivity index (χ1n) is 6.31. The number of benzene rings is 1. The van der Waals surface area contributed by atoms with Gasteiger partial charge in [0, 0.05) is 13.7 Å². The van der Waals surface area contributed by atoms with E-state index in [0.29, 0.717) is 26.4 Å². The number of hydrogen-bond donors (Lipinski definition) is 0. The Morgan fingerprint density at radius 1 is 1.47 bits per heavy atom. The van der Waals surface area contributed by atoms with Crippen molar-refractivity contribution in [3.05, 3.63) is 35.6 Å². The van der Waals surface area contributed by atoms with E-state index >= 15 is 0 Å². The van der Waals surface area contributed by atoms with Gasteiger partial charge in [0.1, 0.15) is 5.82 Å². The molecule has 1 heterocycles. The van der Waals surface area contributed by atoms with E-state index in [1.54, 1.807) is 24.1 Å². The van der Waals surface area contributed by atoms with Crippen molar-refractivity contribution >= 4 is 5.91 Å². The molecule has 1 unspecified atom stereocenters. The Bertz CT molecular complexity index is 419. The molecule has 1 aromatic rings. The molecule has 2 rings (SSSR count). The van der Waals surface area contributed by atoms with Gasteiger partial charge in [0.2, 0.25) is 5.91 Å². The summed E-state index contributed by atoms with van der Waals surface area (Å²) in [6.45, 7) is 2.10. The average molecular weight is 267 g/mol. The van der Waals surface area contributed by atoms with Crippen LogP contribution in [0.2, 0.25) is 0 Å². The molecular formula is C14H18FNO3. The van der Waals surface area contributed by atoms with Gasteiger partial charge in [0.25, 0.3) is 0 Å². The summed E-state index contributed by atoms with van der Waals surface area (Å²) in [6.07, 6.45) is 0.278. The van der Waals surface area contributed by atoms with E-state index in [1.165, 1.54) is 12.1 Å². The highest BCUT2D eigenvalue weighted by molar-refractivity contribution is 5.79. The van der Waals surface area contributed by atoms with Gasteiger partial charge in [-0.25, -0.2) is 4.39 Å². The Morgan fingerprint density at radius 3 is 2.89 bits per heavy atom. The van der Waals surface area contributed by atoms with Crippen molar-refractivity contribution < 1.29 is 18.7 Å². The SMILES string of the molecule is COCC1COCCN1C(=O)Cc1ccc(F)cc1. The minimum Gasteiger partial charge on any atom is -0.382 e. The second-order valence-electron chi connectivity index (χ2n) is 4.57. The summed E-state index contributed by atoms with van der Waals surface area (Å²) < 4.78 is 23.3. The largest absolute Gasteiger partial charge is 0.382 e. The Morgan fingerprint density at radius 2 is 2.21 bits per heavy atom. The third kappa shape index (κ3) is 3.75. The molecule has 1 aliphatic heterocycles. The van der Waals surface area contributed by atoms with E-state index in [1.807, 2.05) is 0 Å². The molecule has 0 bridgehead atoms. The lowest BCUT2D eigenvalue weighted by Gasteiger charge is -2.35. The summed E-state index contributed by atoms with van der Waals surface area (Å²) in [5, 5.41) is 0. The van der Waals surface area contributed by atoms with Crippen LogP contribution in [0, 0.1) is 5.82 Å². The monoisotopic (exact) mass is 267 g/mol. The van der Waals surface area contributed by atoms with Crippen molar-refractivity contribution in [1.29, 1.82) is 0 Å². The second kappa shape index (κ2) is 6.63. The molecule has 0 aliphatic carbocycles. The van der Waals surface area contributed by atoms with Crippen LogP contribution in [-0.4, -0.2) is 50.3 Å². The van der Waals surface area contributed by atoms with Crippen LogP contribution in [-0.2, 0) is 20.7 Å². The molecule has 0 spiro atoms. The van der Waals surface area contributed by atoms with E-state index in [-0.39, 0.29) is 24.2 Å². The van der Waals surface area contributed by atoms with Crippen molar-refractivity contribution in [3.63, 3.8) is 0 Å². The molecule has 1 saturated heterocycles. The first kappa shape index (κ1) is 14.0. The van der Waals surface area contributed by atoms with E-state index in [9.17, 15) is 9.18 Å². The lowest BCUT2D eigenvalue weighted by atomic mass is 10.1. The van der Waals surface area contributed by atoms with Crippen molar-refractivity contribution in [1.82, 2.24) is 4.90 Å². The lowest BCUT2D eigenvalue weighted by molar-refractivity contribution is -0.141. The van der Waals surface area contributed by atoms with Gasteiger partial charge in [-0.1, -0.05) is 12.1 Å². The van der Waals surface area contributed by atoms with Crippen LogP contribution in [0.25, 0.3) is 0 Å². The number of halogens is 1. The van der Waals surface area contributed by atoms with E-state index in [4.69, 9.17) is 9.47 Å². The van der Waals surface area contributed by atoms with Gasteiger partial charge in [-0.2, -0.15) is 0 Å². The van der Waals surface area contributed by atoms with E-state index in [0.717, 1.165) is 5.56 Å². The molecule has 104 valence electrons. The van der Waals surface area contributed by atoms with Gasteiger partial charge < -0.3 is 14.4 Å².